The van der Waals surface area contributed by atoms with Crippen molar-refractivity contribution < 1.29 is 23.8 Å². The lowest BCUT2D eigenvalue weighted by Gasteiger charge is -2.48. The van der Waals surface area contributed by atoms with E-state index in [1.807, 2.05) is 0 Å². The molecule has 0 aromatic carbocycles. The van der Waals surface area contributed by atoms with Crippen LogP contribution in [0.5, 0.6) is 0 Å². The number of esters is 1. The van der Waals surface area contributed by atoms with Gasteiger partial charge in [0.1, 0.15) is 0 Å². The van der Waals surface area contributed by atoms with Crippen molar-refractivity contribution in [1.29, 1.82) is 0 Å². The molecular formula is C19H28O5. The molecule has 0 aromatic rings. The van der Waals surface area contributed by atoms with Gasteiger partial charge in [0, 0.05) is 25.7 Å². The summed E-state index contributed by atoms with van der Waals surface area (Å²) in [6, 6.07) is 0. The molecule has 1 spiro atoms. The van der Waals surface area contributed by atoms with Crippen molar-refractivity contribution in [2.75, 3.05) is 13.2 Å². The molecule has 0 N–H and O–H groups in total. The highest BCUT2D eigenvalue weighted by atomic mass is 16.7. The maximum atomic E-state index is 12.5. The Morgan fingerprint density at radius 2 is 2.12 bits per heavy atom. The van der Waals surface area contributed by atoms with Gasteiger partial charge < -0.3 is 14.2 Å². The van der Waals surface area contributed by atoms with E-state index in [-0.39, 0.29) is 17.7 Å². The Morgan fingerprint density at radius 1 is 1.29 bits per heavy atom. The summed E-state index contributed by atoms with van der Waals surface area (Å²) in [5.41, 5.74) is 1.96. The number of carbonyl (C=O) groups excluding carboxylic acids is 2. The first-order valence-corrected chi connectivity index (χ1v) is 9.27. The molecule has 2 fully saturated rings. The SMILES string of the molecule is CCCCCC1=C2CO[C@@]3(CCCCO3)[C@H](OC(C)=O)[C@H]2CC1=O. The summed E-state index contributed by atoms with van der Waals surface area (Å²) in [5.74, 6) is -1.09. The summed E-state index contributed by atoms with van der Waals surface area (Å²) in [6.07, 6.45) is 6.69. The predicted octanol–water partition coefficient (Wildman–Crippen LogP) is 3.31. The number of rotatable bonds is 5. The highest BCUT2D eigenvalue weighted by Crippen LogP contribution is 2.47. The Balaban J connectivity index is 1.85. The molecule has 3 aliphatic rings. The second-order valence-electron chi connectivity index (χ2n) is 7.13. The van der Waals surface area contributed by atoms with Gasteiger partial charge in [-0.15, -0.1) is 0 Å². The third-order valence-corrected chi connectivity index (χ3v) is 5.44. The van der Waals surface area contributed by atoms with E-state index in [4.69, 9.17) is 14.2 Å². The van der Waals surface area contributed by atoms with Crippen molar-refractivity contribution in [2.45, 2.75) is 77.1 Å². The van der Waals surface area contributed by atoms with E-state index >= 15 is 0 Å². The molecule has 134 valence electrons. The van der Waals surface area contributed by atoms with Gasteiger partial charge in [0.05, 0.1) is 13.2 Å². The topological polar surface area (TPSA) is 61.8 Å². The summed E-state index contributed by atoms with van der Waals surface area (Å²) in [5, 5.41) is 0. The Morgan fingerprint density at radius 3 is 2.79 bits per heavy atom. The molecule has 0 unspecified atom stereocenters. The van der Waals surface area contributed by atoms with Gasteiger partial charge in [0.15, 0.2) is 11.9 Å². The van der Waals surface area contributed by atoms with Crippen LogP contribution in [0.3, 0.4) is 0 Å². The van der Waals surface area contributed by atoms with Crippen LogP contribution in [0.15, 0.2) is 11.1 Å². The van der Waals surface area contributed by atoms with E-state index in [0.29, 0.717) is 26.1 Å². The zero-order valence-electron chi connectivity index (χ0n) is 14.8. The number of Topliss-reactive ketones (excluding diaryl/α,β-unsaturated/α-hetero) is 1. The minimum Gasteiger partial charge on any atom is -0.456 e. The highest BCUT2D eigenvalue weighted by molar-refractivity contribution is 5.99. The van der Waals surface area contributed by atoms with E-state index in [0.717, 1.165) is 49.7 Å². The van der Waals surface area contributed by atoms with Crippen LogP contribution in [0.25, 0.3) is 0 Å². The number of ketones is 1. The van der Waals surface area contributed by atoms with Gasteiger partial charge in [-0.1, -0.05) is 19.8 Å². The zero-order chi connectivity index (χ0) is 17.2. The normalized spacial score (nSPS) is 33.0. The first kappa shape index (κ1) is 17.6. The molecule has 0 amide bonds. The van der Waals surface area contributed by atoms with E-state index in [9.17, 15) is 9.59 Å². The van der Waals surface area contributed by atoms with Crippen LogP contribution in [0.4, 0.5) is 0 Å². The van der Waals surface area contributed by atoms with Crippen molar-refractivity contribution in [3.8, 4) is 0 Å². The van der Waals surface area contributed by atoms with E-state index in [1.165, 1.54) is 6.92 Å². The number of hydrogen-bond acceptors (Lipinski definition) is 5. The minimum atomic E-state index is -0.864. The Hall–Kier alpha value is -1.20. The summed E-state index contributed by atoms with van der Waals surface area (Å²) in [7, 11) is 0. The van der Waals surface area contributed by atoms with Crippen molar-refractivity contribution in [3.05, 3.63) is 11.1 Å². The zero-order valence-corrected chi connectivity index (χ0v) is 14.8. The van der Waals surface area contributed by atoms with Crippen LogP contribution >= 0.6 is 0 Å². The fourth-order valence-electron chi connectivity index (χ4n) is 4.25. The maximum Gasteiger partial charge on any atom is 0.303 e. The van der Waals surface area contributed by atoms with Crippen LogP contribution < -0.4 is 0 Å². The number of hydrogen-bond donors (Lipinski definition) is 0. The van der Waals surface area contributed by atoms with Crippen LogP contribution in [0.1, 0.15) is 65.2 Å². The van der Waals surface area contributed by atoms with Gasteiger partial charge in [-0.2, -0.15) is 0 Å². The third-order valence-electron chi connectivity index (χ3n) is 5.44. The Bertz CT molecular complexity index is 530. The first-order chi connectivity index (χ1) is 11.6. The summed E-state index contributed by atoms with van der Waals surface area (Å²) in [6.45, 7) is 4.60. The molecule has 5 heteroatoms. The Labute approximate surface area is 143 Å². The smallest absolute Gasteiger partial charge is 0.303 e. The molecule has 2 heterocycles. The van der Waals surface area contributed by atoms with Crippen molar-refractivity contribution in [2.24, 2.45) is 5.92 Å². The summed E-state index contributed by atoms with van der Waals surface area (Å²) in [4.78, 5) is 24.2. The average molecular weight is 336 g/mol. The average Bonchev–Trinajstić information content (AvgIpc) is 2.88. The van der Waals surface area contributed by atoms with Gasteiger partial charge >= 0.3 is 5.97 Å². The number of ether oxygens (including phenoxy) is 3. The summed E-state index contributed by atoms with van der Waals surface area (Å²) < 4.78 is 17.7. The molecule has 3 rings (SSSR count). The number of carbonyl (C=O) groups is 2. The van der Waals surface area contributed by atoms with Gasteiger partial charge in [0.25, 0.3) is 0 Å². The summed E-state index contributed by atoms with van der Waals surface area (Å²) >= 11 is 0. The molecular weight excluding hydrogens is 308 g/mol. The number of fused-ring (bicyclic) bond motifs is 1. The van der Waals surface area contributed by atoms with Crippen molar-refractivity contribution in [1.82, 2.24) is 0 Å². The largest absolute Gasteiger partial charge is 0.456 e. The highest BCUT2D eigenvalue weighted by Gasteiger charge is 2.55. The van der Waals surface area contributed by atoms with Crippen LogP contribution in [0.2, 0.25) is 0 Å². The molecule has 0 saturated carbocycles. The number of unbranched alkanes of at least 4 members (excludes halogenated alkanes) is 2. The Kier molecular flexibility index (Phi) is 5.40. The lowest BCUT2D eigenvalue weighted by atomic mass is 9.83. The van der Waals surface area contributed by atoms with Crippen LogP contribution in [-0.4, -0.2) is 36.9 Å². The van der Waals surface area contributed by atoms with E-state index < -0.39 is 11.9 Å². The quantitative estimate of drug-likeness (QED) is 0.569. The third kappa shape index (κ3) is 3.29. The van der Waals surface area contributed by atoms with Crippen molar-refractivity contribution in [3.63, 3.8) is 0 Å². The second kappa shape index (κ2) is 7.36. The lowest BCUT2D eigenvalue weighted by Crippen LogP contribution is -2.58. The fraction of sp³-hybridized carbons (Fsp3) is 0.789. The lowest BCUT2D eigenvalue weighted by molar-refractivity contribution is -0.317. The monoisotopic (exact) mass is 336 g/mol. The first-order valence-electron chi connectivity index (χ1n) is 9.27. The predicted molar refractivity (Wildman–Crippen MR) is 88.3 cm³/mol. The molecule has 24 heavy (non-hydrogen) atoms. The van der Waals surface area contributed by atoms with E-state index in [1.54, 1.807) is 0 Å². The molecule has 0 aromatic heterocycles. The van der Waals surface area contributed by atoms with Gasteiger partial charge in [0.2, 0.25) is 5.79 Å². The molecule has 2 saturated heterocycles. The fourth-order valence-corrected chi connectivity index (χ4v) is 4.25. The van der Waals surface area contributed by atoms with E-state index in [2.05, 4.69) is 6.92 Å². The van der Waals surface area contributed by atoms with Crippen molar-refractivity contribution >= 4 is 11.8 Å². The molecule has 3 atom stereocenters. The standard InChI is InChI=1S/C19H28O5/c1-3-4-5-8-14-16-12-23-19(9-6-7-10-22-19)18(24-13(2)20)15(16)11-17(14)21/h15,18H,3-12H2,1-2H3/t15-,18+,19-/m0/s1. The molecule has 5 nitrogen and oxygen atoms in total. The van der Waals surface area contributed by atoms with Crippen LogP contribution in [0, 0.1) is 5.92 Å². The number of allylic oxidation sites excluding steroid dienone is 1. The minimum absolute atomic E-state index is 0.0788. The van der Waals surface area contributed by atoms with Crippen LogP contribution in [-0.2, 0) is 23.8 Å². The molecule has 0 bridgehead atoms. The van der Waals surface area contributed by atoms with Gasteiger partial charge in [-0.25, -0.2) is 0 Å². The molecule has 1 aliphatic carbocycles. The van der Waals surface area contributed by atoms with Gasteiger partial charge in [-0.3, -0.25) is 9.59 Å². The maximum absolute atomic E-state index is 12.5. The molecule has 2 aliphatic heterocycles. The second-order valence-corrected chi connectivity index (χ2v) is 7.13. The van der Waals surface area contributed by atoms with Gasteiger partial charge in [-0.05, 0) is 36.8 Å². The molecule has 0 radical (unpaired) electrons.